The summed E-state index contributed by atoms with van der Waals surface area (Å²) in [6, 6.07) is 8.10. The maximum Gasteiger partial charge on any atom is 0.161 e. The molecule has 1 N–H and O–H groups in total. The fraction of sp³-hybridized carbons (Fsp3) is 0.471. The van der Waals surface area contributed by atoms with Gasteiger partial charge in [0, 0.05) is 18.8 Å². The van der Waals surface area contributed by atoms with E-state index >= 15 is 0 Å². The van der Waals surface area contributed by atoms with Gasteiger partial charge in [0.05, 0.1) is 19.9 Å². The van der Waals surface area contributed by atoms with Crippen LogP contribution in [0, 0.1) is 13.8 Å². The van der Waals surface area contributed by atoms with Crippen LogP contribution in [0.2, 0.25) is 0 Å². The van der Waals surface area contributed by atoms with Crippen molar-refractivity contribution in [2.45, 2.75) is 33.4 Å². The first-order valence-corrected chi connectivity index (χ1v) is 7.56. The number of hydrogen-bond acceptors (Lipinski definition) is 4. The number of rotatable bonds is 8. The molecule has 0 radical (unpaired) electrons. The maximum absolute atomic E-state index is 5.31. The van der Waals surface area contributed by atoms with Gasteiger partial charge in [0.25, 0.3) is 0 Å². The SMILES string of the molecule is COc1ccc(CNCCCn2nc(C)cc2C)cc1OC. The van der Waals surface area contributed by atoms with Crippen LogP contribution in [0.5, 0.6) is 11.5 Å². The van der Waals surface area contributed by atoms with Crippen LogP contribution in [0.4, 0.5) is 0 Å². The van der Waals surface area contributed by atoms with E-state index in [-0.39, 0.29) is 0 Å². The van der Waals surface area contributed by atoms with E-state index < -0.39 is 0 Å². The number of nitrogens with one attached hydrogen (secondary N) is 1. The average Bonchev–Trinajstić information content (AvgIpc) is 2.84. The predicted octanol–water partition coefficient (Wildman–Crippen LogP) is 2.70. The summed E-state index contributed by atoms with van der Waals surface area (Å²) in [5.74, 6) is 1.53. The number of benzene rings is 1. The normalized spacial score (nSPS) is 10.7. The topological polar surface area (TPSA) is 48.3 Å². The second-order valence-electron chi connectivity index (χ2n) is 5.37. The molecule has 5 nitrogen and oxygen atoms in total. The molecule has 0 saturated heterocycles. The molecule has 2 rings (SSSR count). The fourth-order valence-corrected chi connectivity index (χ4v) is 2.48. The molecule has 0 aliphatic heterocycles. The van der Waals surface area contributed by atoms with Gasteiger partial charge >= 0.3 is 0 Å². The van der Waals surface area contributed by atoms with E-state index in [1.807, 2.05) is 19.1 Å². The van der Waals surface area contributed by atoms with Crippen LogP contribution in [0.25, 0.3) is 0 Å². The number of ether oxygens (including phenoxy) is 2. The van der Waals surface area contributed by atoms with E-state index in [9.17, 15) is 0 Å². The van der Waals surface area contributed by atoms with Gasteiger partial charge in [-0.05, 0) is 50.6 Å². The lowest BCUT2D eigenvalue weighted by Gasteiger charge is -2.10. The van der Waals surface area contributed by atoms with Crippen molar-refractivity contribution in [2.75, 3.05) is 20.8 Å². The monoisotopic (exact) mass is 303 g/mol. The zero-order valence-electron chi connectivity index (χ0n) is 13.8. The summed E-state index contributed by atoms with van der Waals surface area (Å²) >= 11 is 0. The Morgan fingerprint density at radius 1 is 1.09 bits per heavy atom. The molecular formula is C17H25N3O2. The van der Waals surface area contributed by atoms with Crippen LogP contribution in [0.3, 0.4) is 0 Å². The van der Waals surface area contributed by atoms with Crippen molar-refractivity contribution >= 4 is 0 Å². The Balaban J connectivity index is 1.76. The highest BCUT2D eigenvalue weighted by atomic mass is 16.5. The second-order valence-corrected chi connectivity index (χ2v) is 5.37. The molecule has 0 fully saturated rings. The van der Waals surface area contributed by atoms with Gasteiger partial charge in [-0.2, -0.15) is 5.10 Å². The van der Waals surface area contributed by atoms with Gasteiger partial charge < -0.3 is 14.8 Å². The van der Waals surface area contributed by atoms with Crippen molar-refractivity contribution in [1.82, 2.24) is 15.1 Å². The standard InChI is InChI=1S/C17H25N3O2/c1-13-10-14(2)20(19-13)9-5-8-18-12-15-6-7-16(21-3)17(11-15)22-4/h6-7,10-11,18H,5,8-9,12H2,1-4H3. The van der Waals surface area contributed by atoms with Crippen molar-refractivity contribution in [3.8, 4) is 11.5 Å². The highest BCUT2D eigenvalue weighted by Crippen LogP contribution is 2.27. The van der Waals surface area contributed by atoms with Crippen LogP contribution in [0.15, 0.2) is 24.3 Å². The van der Waals surface area contributed by atoms with Gasteiger partial charge in [0.15, 0.2) is 11.5 Å². The Labute approximate surface area is 132 Å². The molecule has 120 valence electrons. The third-order valence-corrected chi connectivity index (χ3v) is 3.60. The number of nitrogens with zero attached hydrogens (tertiary/aromatic N) is 2. The van der Waals surface area contributed by atoms with Crippen molar-refractivity contribution in [1.29, 1.82) is 0 Å². The first kappa shape index (κ1) is 16.4. The molecule has 0 unspecified atom stereocenters. The van der Waals surface area contributed by atoms with Gasteiger partial charge in [-0.1, -0.05) is 6.07 Å². The van der Waals surface area contributed by atoms with Crippen molar-refractivity contribution in [2.24, 2.45) is 0 Å². The van der Waals surface area contributed by atoms with Gasteiger partial charge in [-0.25, -0.2) is 0 Å². The molecule has 0 amide bonds. The van der Waals surface area contributed by atoms with Crippen molar-refractivity contribution in [3.63, 3.8) is 0 Å². The number of hydrogen-bond donors (Lipinski definition) is 1. The molecule has 2 aromatic rings. The summed E-state index contributed by atoms with van der Waals surface area (Å²) in [6.07, 6.45) is 1.05. The number of aryl methyl sites for hydroxylation is 3. The number of methoxy groups -OCH3 is 2. The lowest BCUT2D eigenvalue weighted by molar-refractivity contribution is 0.354. The predicted molar refractivity (Wildman–Crippen MR) is 87.6 cm³/mol. The molecule has 0 bridgehead atoms. The Morgan fingerprint density at radius 2 is 1.86 bits per heavy atom. The van der Waals surface area contributed by atoms with Crippen LogP contribution < -0.4 is 14.8 Å². The third kappa shape index (κ3) is 4.24. The lowest BCUT2D eigenvalue weighted by atomic mass is 10.2. The van der Waals surface area contributed by atoms with Crippen LogP contribution >= 0.6 is 0 Å². The molecule has 0 aliphatic rings. The maximum atomic E-state index is 5.31. The Morgan fingerprint density at radius 3 is 2.50 bits per heavy atom. The molecule has 0 saturated carbocycles. The van der Waals surface area contributed by atoms with Crippen molar-refractivity contribution < 1.29 is 9.47 Å². The van der Waals surface area contributed by atoms with E-state index in [4.69, 9.17) is 9.47 Å². The summed E-state index contributed by atoms with van der Waals surface area (Å²) in [5, 5.41) is 7.92. The molecule has 1 aromatic carbocycles. The second kappa shape index (κ2) is 7.84. The lowest BCUT2D eigenvalue weighted by Crippen LogP contribution is -2.17. The summed E-state index contributed by atoms with van der Waals surface area (Å²) in [4.78, 5) is 0. The highest BCUT2D eigenvalue weighted by molar-refractivity contribution is 5.42. The van der Waals surface area contributed by atoms with Gasteiger partial charge in [0.2, 0.25) is 0 Å². The first-order chi connectivity index (χ1) is 10.6. The molecule has 1 aromatic heterocycles. The smallest absolute Gasteiger partial charge is 0.161 e. The largest absolute Gasteiger partial charge is 0.493 e. The molecule has 1 heterocycles. The van der Waals surface area contributed by atoms with Crippen molar-refractivity contribution in [3.05, 3.63) is 41.2 Å². The summed E-state index contributed by atoms with van der Waals surface area (Å²) in [5.41, 5.74) is 3.48. The van der Waals surface area contributed by atoms with Gasteiger partial charge in [-0.3, -0.25) is 4.68 Å². The highest BCUT2D eigenvalue weighted by Gasteiger charge is 2.04. The average molecular weight is 303 g/mol. The minimum absolute atomic E-state index is 0.760. The quantitative estimate of drug-likeness (QED) is 0.762. The summed E-state index contributed by atoms with van der Waals surface area (Å²) in [6.45, 7) is 6.83. The van der Waals surface area contributed by atoms with Gasteiger partial charge in [0.1, 0.15) is 0 Å². The first-order valence-electron chi connectivity index (χ1n) is 7.56. The fourth-order valence-electron chi connectivity index (χ4n) is 2.48. The summed E-state index contributed by atoms with van der Waals surface area (Å²) < 4.78 is 12.6. The van der Waals surface area contributed by atoms with E-state index in [1.165, 1.54) is 11.3 Å². The minimum Gasteiger partial charge on any atom is -0.493 e. The molecular weight excluding hydrogens is 278 g/mol. The summed E-state index contributed by atoms with van der Waals surface area (Å²) in [7, 11) is 3.30. The van der Waals surface area contributed by atoms with Gasteiger partial charge in [-0.15, -0.1) is 0 Å². The molecule has 0 spiro atoms. The molecule has 0 aliphatic carbocycles. The molecule has 22 heavy (non-hydrogen) atoms. The molecule has 5 heteroatoms. The Bertz CT molecular complexity index is 608. The van der Waals surface area contributed by atoms with E-state index in [0.717, 1.165) is 43.2 Å². The van der Waals surface area contributed by atoms with Crippen LogP contribution in [-0.2, 0) is 13.1 Å². The van der Waals surface area contributed by atoms with E-state index in [2.05, 4.69) is 34.2 Å². The number of aromatic nitrogens is 2. The Hall–Kier alpha value is -2.01. The third-order valence-electron chi connectivity index (χ3n) is 3.60. The van der Waals surface area contributed by atoms with Crippen LogP contribution in [-0.4, -0.2) is 30.5 Å². The Kier molecular flexibility index (Phi) is 5.83. The van der Waals surface area contributed by atoms with E-state index in [1.54, 1.807) is 14.2 Å². The van der Waals surface area contributed by atoms with Crippen LogP contribution in [0.1, 0.15) is 23.4 Å². The van der Waals surface area contributed by atoms with E-state index in [0.29, 0.717) is 0 Å². The zero-order chi connectivity index (χ0) is 15.9. The minimum atomic E-state index is 0.760. The molecule has 0 atom stereocenters. The zero-order valence-corrected chi connectivity index (χ0v) is 13.8.